The molecule has 0 radical (unpaired) electrons. The minimum atomic E-state index is -1.51. The maximum Gasteiger partial charge on any atom is 0.326 e. The Bertz CT molecular complexity index is 522. The van der Waals surface area contributed by atoms with Crippen LogP contribution in [0.2, 0.25) is 0 Å². The van der Waals surface area contributed by atoms with E-state index in [4.69, 9.17) is 10.2 Å². The van der Waals surface area contributed by atoms with Gasteiger partial charge in [-0.15, -0.1) is 5.10 Å². The average Bonchev–Trinajstić information content (AvgIpc) is 3.05. The summed E-state index contributed by atoms with van der Waals surface area (Å²) >= 11 is 0. The Morgan fingerprint density at radius 2 is 2.05 bits per heavy atom. The Labute approximate surface area is 107 Å². The van der Waals surface area contributed by atoms with Crippen LogP contribution in [0.5, 0.6) is 0 Å². The molecule has 1 aliphatic rings. The minimum absolute atomic E-state index is 0.182. The second kappa shape index (κ2) is 5.04. The van der Waals surface area contributed by atoms with Crippen molar-refractivity contribution in [3.05, 3.63) is 11.6 Å². The molecule has 0 saturated heterocycles. The molecule has 1 fully saturated rings. The standard InChI is InChI=1S/C10H12N4O5/c15-6(16)3-5(10(18)19)11-9(17)8-12-7(13-14-8)4-1-2-4/h4-5H,1-3H2,(H,11,17)(H,15,16)(H,18,19)(H,12,13,14). The zero-order valence-corrected chi connectivity index (χ0v) is 9.79. The number of H-pyrrole nitrogens is 1. The van der Waals surface area contributed by atoms with E-state index < -0.39 is 30.3 Å². The number of hydrogen-bond donors (Lipinski definition) is 4. The summed E-state index contributed by atoms with van der Waals surface area (Å²) in [6, 6.07) is -1.51. The van der Waals surface area contributed by atoms with Gasteiger partial charge in [0, 0.05) is 5.92 Å². The van der Waals surface area contributed by atoms with Crippen molar-refractivity contribution in [3.63, 3.8) is 0 Å². The molecule has 1 unspecified atom stereocenters. The van der Waals surface area contributed by atoms with Crippen molar-refractivity contribution >= 4 is 17.8 Å². The van der Waals surface area contributed by atoms with Gasteiger partial charge in [-0.05, 0) is 12.8 Å². The maximum atomic E-state index is 11.7. The Morgan fingerprint density at radius 3 is 2.58 bits per heavy atom. The molecule has 102 valence electrons. The summed E-state index contributed by atoms with van der Waals surface area (Å²) in [5, 5.41) is 25.7. The van der Waals surface area contributed by atoms with E-state index in [1.807, 2.05) is 0 Å². The highest BCUT2D eigenvalue weighted by Gasteiger charge is 2.29. The number of aliphatic carboxylic acids is 2. The van der Waals surface area contributed by atoms with Gasteiger partial charge in [0.05, 0.1) is 6.42 Å². The van der Waals surface area contributed by atoms with Crippen LogP contribution in [-0.2, 0) is 9.59 Å². The zero-order valence-electron chi connectivity index (χ0n) is 9.79. The number of amides is 1. The van der Waals surface area contributed by atoms with Gasteiger partial charge in [0.2, 0.25) is 5.82 Å². The fraction of sp³-hybridized carbons (Fsp3) is 0.500. The van der Waals surface area contributed by atoms with Gasteiger partial charge in [-0.3, -0.25) is 14.7 Å². The van der Waals surface area contributed by atoms with Crippen molar-refractivity contribution in [3.8, 4) is 0 Å². The molecule has 9 nitrogen and oxygen atoms in total. The molecule has 0 spiro atoms. The zero-order chi connectivity index (χ0) is 14.0. The van der Waals surface area contributed by atoms with Gasteiger partial charge in [-0.25, -0.2) is 9.78 Å². The number of carbonyl (C=O) groups is 3. The number of aromatic amines is 1. The summed E-state index contributed by atoms with van der Waals surface area (Å²) in [4.78, 5) is 36.9. The molecule has 1 atom stereocenters. The molecular weight excluding hydrogens is 256 g/mol. The number of carbonyl (C=O) groups excluding carboxylic acids is 1. The molecular formula is C10H12N4O5. The van der Waals surface area contributed by atoms with Gasteiger partial charge in [0.15, 0.2) is 0 Å². The third-order valence-electron chi connectivity index (χ3n) is 2.65. The van der Waals surface area contributed by atoms with Gasteiger partial charge < -0.3 is 15.5 Å². The number of aromatic nitrogens is 3. The lowest BCUT2D eigenvalue weighted by molar-refractivity contribution is -0.145. The first-order chi connectivity index (χ1) is 8.97. The molecule has 1 aliphatic carbocycles. The van der Waals surface area contributed by atoms with E-state index >= 15 is 0 Å². The van der Waals surface area contributed by atoms with Gasteiger partial charge in [-0.1, -0.05) is 0 Å². The topological polar surface area (TPSA) is 145 Å². The van der Waals surface area contributed by atoms with Crippen LogP contribution >= 0.6 is 0 Å². The third-order valence-corrected chi connectivity index (χ3v) is 2.65. The van der Waals surface area contributed by atoms with Crippen molar-refractivity contribution in [1.82, 2.24) is 20.5 Å². The first-order valence-corrected chi connectivity index (χ1v) is 5.65. The van der Waals surface area contributed by atoms with Crippen LogP contribution in [-0.4, -0.2) is 49.3 Å². The summed E-state index contributed by atoms with van der Waals surface area (Å²) < 4.78 is 0. The van der Waals surface area contributed by atoms with E-state index in [2.05, 4.69) is 20.5 Å². The Balaban J connectivity index is 2.00. The highest BCUT2D eigenvalue weighted by atomic mass is 16.4. The number of carboxylic acid groups (broad SMARTS) is 2. The molecule has 2 rings (SSSR count). The Hall–Kier alpha value is -2.45. The van der Waals surface area contributed by atoms with E-state index in [0.717, 1.165) is 12.8 Å². The van der Waals surface area contributed by atoms with E-state index in [1.165, 1.54) is 0 Å². The summed E-state index contributed by atoms with van der Waals surface area (Å²) in [5.74, 6) is -2.86. The lowest BCUT2D eigenvalue weighted by Gasteiger charge is -2.10. The molecule has 1 aromatic rings. The Kier molecular flexibility index (Phi) is 3.45. The van der Waals surface area contributed by atoms with E-state index in [0.29, 0.717) is 5.82 Å². The quantitative estimate of drug-likeness (QED) is 0.535. The molecule has 9 heteroatoms. The molecule has 0 aliphatic heterocycles. The van der Waals surface area contributed by atoms with E-state index in [1.54, 1.807) is 0 Å². The SMILES string of the molecule is O=C(O)CC(NC(=O)c1n[nH]c(C2CC2)n1)C(=O)O. The fourth-order valence-electron chi connectivity index (χ4n) is 1.51. The second-order valence-corrected chi connectivity index (χ2v) is 4.28. The lowest BCUT2D eigenvalue weighted by Crippen LogP contribution is -2.42. The molecule has 4 N–H and O–H groups in total. The van der Waals surface area contributed by atoms with Crippen molar-refractivity contribution in [1.29, 1.82) is 0 Å². The first kappa shape index (κ1) is 13.0. The number of carboxylic acids is 2. The number of nitrogens with zero attached hydrogens (tertiary/aromatic N) is 2. The Morgan fingerprint density at radius 1 is 1.37 bits per heavy atom. The van der Waals surface area contributed by atoms with Crippen LogP contribution in [0.3, 0.4) is 0 Å². The van der Waals surface area contributed by atoms with E-state index in [9.17, 15) is 14.4 Å². The average molecular weight is 268 g/mol. The summed E-state index contributed by atoms with van der Waals surface area (Å²) in [6.45, 7) is 0. The molecule has 0 aromatic carbocycles. The molecule has 1 saturated carbocycles. The van der Waals surface area contributed by atoms with Crippen LogP contribution in [0.1, 0.15) is 41.6 Å². The van der Waals surface area contributed by atoms with Crippen molar-refractivity contribution in [2.75, 3.05) is 0 Å². The summed E-state index contributed by atoms with van der Waals surface area (Å²) in [6.07, 6.45) is 1.25. The normalized spacial score (nSPS) is 15.8. The number of hydrogen-bond acceptors (Lipinski definition) is 5. The van der Waals surface area contributed by atoms with Crippen LogP contribution in [0.4, 0.5) is 0 Å². The predicted molar refractivity (Wildman–Crippen MR) is 59.5 cm³/mol. The number of nitrogens with one attached hydrogen (secondary N) is 2. The van der Waals surface area contributed by atoms with Crippen molar-refractivity contribution < 1.29 is 24.6 Å². The smallest absolute Gasteiger partial charge is 0.326 e. The van der Waals surface area contributed by atoms with Crippen molar-refractivity contribution in [2.45, 2.75) is 31.2 Å². The summed E-state index contributed by atoms with van der Waals surface area (Å²) in [5.41, 5.74) is 0. The molecule has 1 aromatic heterocycles. The van der Waals surface area contributed by atoms with Crippen LogP contribution in [0, 0.1) is 0 Å². The molecule has 19 heavy (non-hydrogen) atoms. The van der Waals surface area contributed by atoms with Crippen LogP contribution < -0.4 is 5.32 Å². The number of rotatable bonds is 6. The van der Waals surface area contributed by atoms with Crippen molar-refractivity contribution in [2.24, 2.45) is 0 Å². The van der Waals surface area contributed by atoms with Crippen LogP contribution in [0.15, 0.2) is 0 Å². The molecule has 1 heterocycles. The van der Waals surface area contributed by atoms with E-state index in [-0.39, 0.29) is 11.7 Å². The highest BCUT2D eigenvalue weighted by molar-refractivity contribution is 5.94. The predicted octanol–water partition coefficient (Wildman–Crippen LogP) is -0.660. The van der Waals surface area contributed by atoms with Crippen LogP contribution in [0.25, 0.3) is 0 Å². The lowest BCUT2D eigenvalue weighted by atomic mass is 10.2. The first-order valence-electron chi connectivity index (χ1n) is 5.65. The molecule has 1 amide bonds. The van der Waals surface area contributed by atoms with Gasteiger partial charge >= 0.3 is 11.9 Å². The van der Waals surface area contributed by atoms with Gasteiger partial charge in [0.1, 0.15) is 11.9 Å². The minimum Gasteiger partial charge on any atom is -0.481 e. The van der Waals surface area contributed by atoms with Gasteiger partial charge in [0.25, 0.3) is 5.91 Å². The summed E-state index contributed by atoms with van der Waals surface area (Å²) in [7, 11) is 0. The second-order valence-electron chi connectivity index (χ2n) is 4.28. The maximum absolute atomic E-state index is 11.7. The third kappa shape index (κ3) is 3.27. The highest BCUT2D eigenvalue weighted by Crippen LogP contribution is 2.37. The fourth-order valence-corrected chi connectivity index (χ4v) is 1.51. The largest absolute Gasteiger partial charge is 0.481 e. The molecule has 0 bridgehead atoms. The van der Waals surface area contributed by atoms with Gasteiger partial charge in [-0.2, -0.15) is 0 Å². The monoisotopic (exact) mass is 268 g/mol.